The maximum atomic E-state index is 10.1. The van der Waals surface area contributed by atoms with Crippen molar-refractivity contribution >= 4 is 11.6 Å². The Labute approximate surface area is 109 Å². The second kappa shape index (κ2) is 6.54. The zero-order valence-corrected chi connectivity index (χ0v) is 11.5. The first-order chi connectivity index (χ1) is 8.46. The summed E-state index contributed by atoms with van der Waals surface area (Å²) in [5.74, 6) is 1.89. The summed E-state index contributed by atoms with van der Waals surface area (Å²) in [5.41, 5.74) is 5.01. The molecule has 1 unspecified atom stereocenters. The van der Waals surface area contributed by atoms with Crippen LogP contribution in [0.2, 0.25) is 0 Å². The SMILES string of the molecule is CCCc1nc(N)cc(NCC(C)(O)CCC)n1. The number of nitrogens with two attached hydrogens (primary N) is 1. The van der Waals surface area contributed by atoms with Gasteiger partial charge >= 0.3 is 0 Å². The van der Waals surface area contributed by atoms with Gasteiger partial charge in [0.25, 0.3) is 0 Å². The van der Waals surface area contributed by atoms with E-state index in [0.29, 0.717) is 18.2 Å². The number of nitrogens with one attached hydrogen (secondary N) is 1. The molecule has 1 atom stereocenters. The molecule has 4 N–H and O–H groups in total. The molecule has 0 aliphatic heterocycles. The Morgan fingerprint density at radius 2 is 2.06 bits per heavy atom. The Hall–Kier alpha value is -1.36. The summed E-state index contributed by atoms with van der Waals surface area (Å²) in [4.78, 5) is 8.54. The van der Waals surface area contributed by atoms with Gasteiger partial charge in [0.1, 0.15) is 17.5 Å². The maximum absolute atomic E-state index is 10.1. The standard InChI is InChI=1S/C13H24N4O/c1-4-6-11-16-10(14)8-12(17-11)15-9-13(3,18)7-5-2/h8,18H,4-7,9H2,1-3H3,(H3,14,15,16,17). The highest BCUT2D eigenvalue weighted by molar-refractivity contribution is 5.44. The molecule has 0 aliphatic rings. The van der Waals surface area contributed by atoms with Crippen LogP contribution in [-0.2, 0) is 6.42 Å². The van der Waals surface area contributed by atoms with E-state index >= 15 is 0 Å². The van der Waals surface area contributed by atoms with Gasteiger partial charge in [0.15, 0.2) is 0 Å². The van der Waals surface area contributed by atoms with Crippen LogP contribution in [0.4, 0.5) is 11.6 Å². The number of hydrogen-bond donors (Lipinski definition) is 3. The molecule has 0 aromatic carbocycles. The Bertz CT molecular complexity index is 379. The zero-order valence-electron chi connectivity index (χ0n) is 11.5. The summed E-state index contributed by atoms with van der Waals surface area (Å²) >= 11 is 0. The van der Waals surface area contributed by atoms with Crippen molar-refractivity contribution in [2.24, 2.45) is 0 Å². The van der Waals surface area contributed by atoms with Gasteiger partial charge in [-0.05, 0) is 19.8 Å². The van der Waals surface area contributed by atoms with E-state index in [1.807, 2.05) is 6.92 Å². The van der Waals surface area contributed by atoms with Gasteiger partial charge in [0.05, 0.1) is 5.60 Å². The fourth-order valence-corrected chi connectivity index (χ4v) is 1.85. The molecule has 1 heterocycles. The molecule has 0 bridgehead atoms. The number of nitrogen functional groups attached to an aromatic ring is 1. The number of aryl methyl sites for hydroxylation is 1. The van der Waals surface area contributed by atoms with E-state index in [-0.39, 0.29) is 0 Å². The quantitative estimate of drug-likeness (QED) is 0.691. The number of anilines is 2. The van der Waals surface area contributed by atoms with Crippen LogP contribution < -0.4 is 11.1 Å². The molecule has 0 aliphatic carbocycles. The molecule has 1 aromatic heterocycles. The number of rotatable bonds is 7. The summed E-state index contributed by atoms with van der Waals surface area (Å²) in [7, 11) is 0. The molecule has 0 saturated heterocycles. The monoisotopic (exact) mass is 252 g/mol. The van der Waals surface area contributed by atoms with Crippen LogP contribution >= 0.6 is 0 Å². The lowest BCUT2D eigenvalue weighted by Crippen LogP contribution is -2.33. The van der Waals surface area contributed by atoms with Gasteiger partial charge < -0.3 is 16.2 Å². The molecule has 0 spiro atoms. The Morgan fingerprint density at radius 3 is 2.67 bits per heavy atom. The van der Waals surface area contributed by atoms with Crippen LogP contribution in [0.5, 0.6) is 0 Å². The first kappa shape index (κ1) is 14.7. The fraction of sp³-hybridized carbons (Fsp3) is 0.692. The molecule has 1 aromatic rings. The largest absolute Gasteiger partial charge is 0.388 e. The van der Waals surface area contributed by atoms with Crippen molar-refractivity contribution in [2.75, 3.05) is 17.6 Å². The molecule has 5 nitrogen and oxygen atoms in total. The predicted octanol–water partition coefficient (Wildman–Crippen LogP) is 1.97. The van der Waals surface area contributed by atoms with Crippen LogP contribution in [0.3, 0.4) is 0 Å². The smallest absolute Gasteiger partial charge is 0.133 e. The topological polar surface area (TPSA) is 84.1 Å². The second-order valence-electron chi connectivity index (χ2n) is 4.94. The van der Waals surface area contributed by atoms with Gasteiger partial charge in [-0.1, -0.05) is 20.3 Å². The van der Waals surface area contributed by atoms with Gasteiger partial charge in [0.2, 0.25) is 0 Å². The van der Waals surface area contributed by atoms with Crippen molar-refractivity contribution in [3.63, 3.8) is 0 Å². The van der Waals surface area contributed by atoms with E-state index in [4.69, 9.17) is 5.73 Å². The van der Waals surface area contributed by atoms with Crippen LogP contribution in [0.25, 0.3) is 0 Å². The van der Waals surface area contributed by atoms with Crippen molar-refractivity contribution in [1.82, 2.24) is 9.97 Å². The molecule has 0 fully saturated rings. The molecule has 5 heteroatoms. The summed E-state index contributed by atoms with van der Waals surface area (Å²) in [6, 6.07) is 1.70. The molecular weight excluding hydrogens is 228 g/mol. The number of hydrogen-bond acceptors (Lipinski definition) is 5. The third-order valence-electron chi connectivity index (χ3n) is 2.70. The van der Waals surface area contributed by atoms with Gasteiger partial charge in [0, 0.05) is 19.0 Å². The first-order valence-electron chi connectivity index (χ1n) is 6.56. The highest BCUT2D eigenvalue weighted by Crippen LogP contribution is 2.15. The van der Waals surface area contributed by atoms with Gasteiger partial charge in [-0.25, -0.2) is 9.97 Å². The predicted molar refractivity (Wildman–Crippen MR) is 74.5 cm³/mol. The lowest BCUT2D eigenvalue weighted by Gasteiger charge is -2.23. The number of aliphatic hydroxyl groups is 1. The average molecular weight is 252 g/mol. The highest BCUT2D eigenvalue weighted by Gasteiger charge is 2.18. The van der Waals surface area contributed by atoms with E-state index in [1.165, 1.54) is 0 Å². The zero-order chi connectivity index (χ0) is 13.6. The van der Waals surface area contributed by atoms with Crippen molar-refractivity contribution in [1.29, 1.82) is 0 Å². The number of aromatic nitrogens is 2. The van der Waals surface area contributed by atoms with Gasteiger partial charge in [-0.15, -0.1) is 0 Å². The molecule has 1 rings (SSSR count). The molecule has 102 valence electrons. The van der Waals surface area contributed by atoms with Crippen molar-refractivity contribution < 1.29 is 5.11 Å². The molecular formula is C13H24N4O. The third-order valence-corrected chi connectivity index (χ3v) is 2.70. The maximum Gasteiger partial charge on any atom is 0.133 e. The van der Waals surface area contributed by atoms with E-state index in [1.54, 1.807) is 6.07 Å². The van der Waals surface area contributed by atoms with E-state index < -0.39 is 5.60 Å². The van der Waals surface area contributed by atoms with Crippen molar-refractivity contribution in [3.8, 4) is 0 Å². The highest BCUT2D eigenvalue weighted by atomic mass is 16.3. The van der Waals surface area contributed by atoms with Crippen LogP contribution in [0.15, 0.2) is 6.07 Å². The Morgan fingerprint density at radius 1 is 1.33 bits per heavy atom. The Balaban J connectivity index is 2.66. The minimum atomic E-state index is -0.723. The van der Waals surface area contributed by atoms with Crippen LogP contribution in [0, 0.1) is 0 Å². The summed E-state index contributed by atoms with van der Waals surface area (Å²) in [5, 5.41) is 13.2. The van der Waals surface area contributed by atoms with E-state index in [0.717, 1.165) is 31.5 Å². The molecule has 18 heavy (non-hydrogen) atoms. The molecule has 0 saturated carbocycles. The summed E-state index contributed by atoms with van der Waals surface area (Å²) in [6.45, 7) is 6.41. The molecule has 0 amide bonds. The lowest BCUT2D eigenvalue weighted by atomic mass is 10.0. The fourth-order valence-electron chi connectivity index (χ4n) is 1.85. The normalized spacial score (nSPS) is 14.2. The van der Waals surface area contributed by atoms with Crippen LogP contribution in [-0.4, -0.2) is 27.2 Å². The molecule has 0 radical (unpaired) electrons. The minimum Gasteiger partial charge on any atom is -0.388 e. The average Bonchev–Trinajstić information content (AvgIpc) is 2.26. The van der Waals surface area contributed by atoms with Crippen molar-refractivity contribution in [2.45, 2.75) is 52.1 Å². The van der Waals surface area contributed by atoms with Crippen LogP contribution in [0.1, 0.15) is 45.9 Å². The van der Waals surface area contributed by atoms with Gasteiger partial charge in [-0.3, -0.25) is 0 Å². The lowest BCUT2D eigenvalue weighted by molar-refractivity contribution is 0.0636. The van der Waals surface area contributed by atoms with E-state index in [2.05, 4.69) is 29.1 Å². The summed E-state index contributed by atoms with van der Waals surface area (Å²) in [6.07, 6.45) is 3.49. The minimum absolute atomic E-state index is 0.461. The second-order valence-corrected chi connectivity index (χ2v) is 4.94. The van der Waals surface area contributed by atoms with E-state index in [9.17, 15) is 5.11 Å². The van der Waals surface area contributed by atoms with Crippen molar-refractivity contribution in [3.05, 3.63) is 11.9 Å². The Kier molecular flexibility index (Phi) is 5.34. The third kappa shape index (κ3) is 4.87. The number of nitrogens with zero attached hydrogens (tertiary/aromatic N) is 2. The summed E-state index contributed by atoms with van der Waals surface area (Å²) < 4.78 is 0. The first-order valence-corrected chi connectivity index (χ1v) is 6.56. The van der Waals surface area contributed by atoms with Gasteiger partial charge in [-0.2, -0.15) is 0 Å².